The first kappa shape index (κ1) is 24.0. The SMILES string of the molecule is CCCN(CC1CC1)C(=O)c1c(CC2CCCC2)n(CCCN2CCCC2=O)c(C)cc1=O. The molecule has 2 heterocycles. The number of aryl methyl sites for hydroxylation is 1. The summed E-state index contributed by atoms with van der Waals surface area (Å²) in [5.74, 6) is 1.34. The van der Waals surface area contributed by atoms with Crippen molar-refractivity contribution in [2.75, 3.05) is 26.2 Å². The van der Waals surface area contributed by atoms with Gasteiger partial charge in [-0.1, -0.05) is 32.6 Å². The molecule has 3 aliphatic rings. The summed E-state index contributed by atoms with van der Waals surface area (Å²) >= 11 is 0. The van der Waals surface area contributed by atoms with E-state index < -0.39 is 0 Å². The maximum atomic E-state index is 13.8. The fourth-order valence-electron chi connectivity index (χ4n) is 5.75. The van der Waals surface area contributed by atoms with E-state index in [1.807, 2.05) is 16.7 Å². The van der Waals surface area contributed by atoms with Crippen LogP contribution in [-0.4, -0.2) is 52.4 Å². The molecular formula is C27H41N3O3. The molecule has 4 rings (SSSR count). The Hall–Kier alpha value is -2.11. The van der Waals surface area contributed by atoms with Gasteiger partial charge in [-0.3, -0.25) is 14.4 Å². The number of aromatic nitrogens is 1. The van der Waals surface area contributed by atoms with Crippen LogP contribution in [0.4, 0.5) is 0 Å². The maximum Gasteiger partial charge on any atom is 0.259 e. The minimum atomic E-state index is -0.117. The van der Waals surface area contributed by atoms with Crippen LogP contribution in [0.3, 0.4) is 0 Å². The zero-order chi connectivity index (χ0) is 23.4. The lowest BCUT2D eigenvalue weighted by Crippen LogP contribution is -2.39. The van der Waals surface area contributed by atoms with E-state index in [1.54, 1.807) is 6.07 Å². The Bertz CT molecular complexity index is 912. The van der Waals surface area contributed by atoms with E-state index in [2.05, 4.69) is 11.5 Å². The molecule has 182 valence electrons. The highest BCUT2D eigenvalue weighted by atomic mass is 16.2. The van der Waals surface area contributed by atoms with Gasteiger partial charge < -0.3 is 14.4 Å². The number of likely N-dealkylation sites (tertiary alicyclic amines) is 1. The van der Waals surface area contributed by atoms with Crippen LogP contribution in [0.5, 0.6) is 0 Å². The van der Waals surface area contributed by atoms with E-state index in [4.69, 9.17) is 0 Å². The van der Waals surface area contributed by atoms with E-state index in [0.29, 0.717) is 30.4 Å². The fourth-order valence-corrected chi connectivity index (χ4v) is 5.75. The van der Waals surface area contributed by atoms with Gasteiger partial charge in [0.05, 0.1) is 0 Å². The molecule has 0 atom stereocenters. The second-order valence-electron chi connectivity index (χ2n) is 10.5. The predicted octanol–water partition coefficient (Wildman–Crippen LogP) is 4.16. The van der Waals surface area contributed by atoms with Crippen LogP contribution in [0, 0.1) is 18.8 Å². The molecule has 2 aliphatic carbocycles. The van der Waals surface area contributed by atoms with E-state index in [9.17, 15) is 14.4 Å². The zero-order valence-electron chi connectivity index (χ0n) is 20.6. The van der Waals surface area contributed by atoms with Crippen LogP contribution in [0.25, 0.3) is 0 Å². The van der Waals surface area contributed by atoms with Gasteiger partial charge >= 0.3 is 0 Å². The lowest BCUT2D eigenvalue weighted by Gasteiger charge is -2.27. The zero-order valence-corrected chi connectivity index (χ0v) is 20.6. The molecule has 3 fully saturated rings. The predicted molar refractivity (Wildman–Crippen MR) is 130 cm³/mol. The first-order valence-electron chi connectivity index (χ1n) is 13.3. The molecule has 1 saturated heterocycles. The number of rotatable bonds is 11. The normalized spacial score (nSPS) is 19.0. The highest BCUT2D eigenvalue weighted by molar-refractivity contribution is 5.95. The van der Waals surface area contributed by atoms with Gasteiger partial charge in [-0.05, 0) is 57.3 Å². The number of pyridine rings is 1. The smallest absolute Gasteiger partial charge is 0.259 e. The quantitative estimate of drug-likeness (QED) is 0.503. The molecule has 1 aromatic heterocycles. The average Bonchev–Trinajstić information content (AvgIpc) is 3.27. The molecule has 0 N–H and O–H groups in total. The Labute approximate surface area is 198 Å². The average molecular weight is 456 g/mol. The summed E-state index contributed by atoms with van der Waals surface area (Å²) in [5, 5.41) is 0. The second-order valence-corrected chi connectivity index (χ2v) is 10.5. The number of carbonyl (C=O) groups is 2. The Morgan fingerprint density at radius 3 is 2.45 bits per heavy atom. The van der Waals surface area contributed by atoms with Crippen molar-refractivity contribution >= 4 is 11.8 Å². The van der Waals surface area contributed by atoms with Gasteiger partial charge in [0.2, 0.25) is 5.91 Å². The first-order valence-corrected chi connectivity index (χ1v) is 13.3. The van der Waals surface area contributed by atoms with E-state index in [-0.39, 0.29) is 17.2 Å². The van der Waals surface area contributed by atoms with Crippen molar-refractivity contribution in [3.05, 3.63) is 33.2 Å². The molecule has 0 radical (unpaired) electrons. The van der Waals surface area contributed by atoms with Crippen LogP contribution < -0.4 is 5.43 Å². The van der Waals surface area contributed by atoms with Gasteiger partial charge in [0, 0.05) is 56.6 Å². The molecular weight excluding hydrogens is 414 g/mol. The molecule has 33 heavy (non-hydrogen) atoms. The van der Waals surface area contributed by atoms with Crippen molar-refractivity contribution in [2.24, 2.45) is 11.8 Å². The Balaban J connectivity index is 1.62. The van der Waals surface area contributed by atoms with Crippen LogP contribution in [0.2, 0.25) is 0 Å². The van der Waals surface area contributed by atoms with E-state index in [0.717, 1.165) is 63.3 Å². The van der Waals surface area contributed by atoms with Gasteiger partial charge in [0.15, 0.2) is 5.43 Å². The third-order valence-electron chi connectivity index (χ3n) is 7.73. The maximum absolute atomic E-state index is 13.8. The minimum absolute atomic E-state index is 0.0646. The number of hydrogen-bond acceptors (Lipinski definition) is 3. The van der Waals surface area contributed by atoms with Crippen LogP contribution in [-0.2, 0) is 17.8 Å². The van der Waals surface area contributed by atoms with Crippen LogP contribution in [0.1, 0.15) is 92.9 Å². The first-order chi connectivity index (χ1) is 16.0. The molecule has 0 unspecified atom stereocenters. The lowest BCUT2D eigenvalue weighted by molar-refractivity contribution is -0.127. The molecule has 6 nitrogen and oxygen atoms in total. The number of hydrogen-bond donors (Lipinski definition) is 0. The lowest BCUT2D eigenvalue weighted by atomic mass is 9.96. The second kappa shape index (κ2) is 10.9. The molecule has 0 aromatic carbocycles. The Kier molecular flexibility index (Phi) is 7.92. The summed E-state index contributed by atoms with van der Waals surface area (Å²) in [6.45, 7) is 7.92. The molecule has 1 aromatic rings. The largest absolute Gasteiger partial charge is 0.348 e. The Morgan fingerprint density at radius 1 is 1.06 bits per heavy atom. The van der Waals surface area contributed by atoms with Crippen molar-refractivity contribution in [2.45, 2.75) is 91.0 Å². The van der Waals surface area contributed by atoms with Crippen LogP contribution >= 0.6 is 0 Å². The highest BCUT2D eigenvalue weighted by Crippen LogP contribution is 2.32. The van der Waals surface area contributed by atoms with Crippen molar-refractivity contribution in [1.29, 1.82) is 0 Å². The summed E-state index contributed by atoms with van der Waals surface area (Å²) in [6, 6.07) is 1.66. The molecule has 2 amide bonds. The standard InChI is InChI=1S/C27H41N3O3/c1-3-13-29(19-22-11-12-22)27(33)26-23(18-21-8-4-5-9-21)30(20(2)17-24(26)31)16-7-15-28-14-6-10-25(28)32/h17,21-22H,3-16,18-19H2,1-2H3. The summed E-state index contributed by atoms with van der Waals surface area (Å²) in [7, 11) is 0. The van der Waals surface area contributed by atoms with Crippen molar-refractivity contribution in [3.8, 4) is 0 Å². The molecule has 0 spiro atoms. The number of nitrogens with zero attached hydrogens (tertiary/aromatic N) is 3. The van der Waals surface area contributed by atoms with Crippen LogP contribution in [0.15, 0.2) is 10.9 Å². The summed E-state index contributed by atoms with van der Waals surface area (Å²) < 4.78 is 2.23. The Morgan fingerprint density at radius 2 is 1.82 bits per heavy atom. The van der Waals surface area contributed by atoms with Crippen molar-refractivity contribution in [3.63, 3.8) is 0 Å². The van der Waals surface area contributed by atoms with Gasteiger partial charge in [0.1, 0.15) is 5.56 Å². The molecule has 6 heteroatoms. The molecule has 2 saturated carbocycles. The van der Waals surface area contributed by atoms with Gasteiger partial charge in [-0.2, -0.15) is 0 Å². The van der Waals surface area contributed by atoms with Gasteiger partial charge in [0.25, 0.3) is 5.91 Å². The minimum Gasteiger partial charge on any atom is -0.348 e. The van der Waals surface area contributed by atoms with Gasteiger partial charge in [-0.25, -0.2) is 0 Å². The summed E-state index contributed by atoms with van der Waals surface area (Å²) in [4.78, 5) is 42.9. The van der Waals surface area contributed by atoms with E-state index in [1.165, 1.54) is 38.5 Å². The molecule has 0 bridgehead atoms. The topological polar surface area (TPSA) is 62.6 Å². The molecule has 1 aliphatic heterocycles. The number of amides is 2. The highest BCUT2D eigenvalue weighted by Gasteiger charge is 2.31. The summed E-state index contributed by atoms with van der Waals surface area (Å²) in [5.41, 5.74) is 2.18. The monoisotopic (exact) mass is 455 g/mol. The van der Waals surface area contributed by atoms with E-state index >= 15 is 0 Å². The number of carbonyl (C=O) groups excluding carboxylic acids is 2. The fraction of sp³-hybridized carbons (Fsp3) is 0.741. The van der Waals surface area contributed by atoms with Crippen molar-refractivity contribution in [1.82, 2.24) is 14.4 Å². The van der Waals surface area contributed by atoms with Crippen molar-refractivity contribution < 1.29 is 9.59 Å². The third kappa shape index (κ3) is 5.88. The third-order valence-corrected chi connectivity index (χ3v) is 7.73. The summed E-state index contributed by atoms with van der Waals surface area (Å²) in [6.07, 6.45) is 11.4. The van der Waals surface area contributed by atoms with Gasteiger partial charge in [-0.15, -0.1) is 0 Å².